The third-order valence-corrected chi connectivity index (χ3v) is 2.20. The quantitative estimate of drug-likeness (QED) is 0.707. The maximum Gasteiger partial charge on any atom is 0.0637 e. The van der Waals surface area contributed by atoms with Gasteiger partial charge in [0.05, 0.1) is 17.9 Å². The molecule has 1 rings (SSSR count). The molecule has 0 saturated heterocycles. The molecule has 0 bridgehead atoms. The predicted octanol–water partition coefficient (Wildman–Crippen LogP) is 3.40. The molecule has 13 heavy (non-hydrogen) atoms. The van der Waals surface area contributed by atoms with Gasteiger partial charge in [0.2, 0.25) is 0 Å². The first-order valence-electron chi connectivity index (χ1n) is 3.98. The first kappa shape index (κ1) is 10.4. The summed E-state index contributed by atoms with van der Waals surface area (Å²) in [5, 5.41) is 8.99. The van der Waals surface area contributed by atoms with Crippen molar-refractivity contribution in [1.82, 2.24) is 0 Å². The average molecular weight is 214 g/mol. The first-order chi connectivity index (χ1) is 6.22. The van der Waals surface area contributed by atoms with E-state index in [1.807, 2.05) is 30.3 Å². The van der Waals surface area contributed by atoms with Crippen molar-refractivity contribution >= 4 is 23.2 Å². The Balaban J connectivity index is 2.59. The highest BCUT2D eigenvalue weighted by Gasteiger charge is 2.04. The van der Waals surface area contributed by atoms with Gasteiger partial charge in [0.1, 0.15) is 0 Å². The van der Waals surface area contributed by atoms with Gasteiger partial charge in [-0.25, -0.2) is 0 Å². The van der Waals surface area contributed by atoms with Gasteiger partial charge in [-0.3, -0.25) is 0 Å². The molecule has 0 aliphatic rings. The summed E-state index contributed by atoms with van der Waals surface area (Å²) in [7, 11) is 0. The predicted molar refractivity (Wildman–Crippen MR) is 55.0 cm³/mol. The highest BCUT2D eigenvalue weighted by molar-refractivity contribution is 6.30. The Morgan fingerprint density at radius 1 is 1.46 bits per heavy atom. The molecule has 0 N–H and O–H groups in total. The Kier molecular flexibility index (Phi) is 4.08. The highest BCUT2D eigenvalue weighted by Crippen LogP contribution is 2.15. The van der Waals surface area contributed by atoms with E-state index in [1.54, 1.807) is 0 Å². The Morgan fingerprint density at radius 2 is 2.23 bits per heavy atom. The standard InChI is InChI=1S/C10H9Cl2N/c11-9-3-1-2-8(6-9)7-10(12)4-5-13/h1-3,6,10H,4,7H2. The van der Waals surface area contributed by atoms with Crippen LogP contribution < -0.4 is 0 Å². The van der Waals surface area contributed by atoms with E-state index in [2.05, 4.69) is 0 Å². The number of alkyl halides is 1. The fourth-order valence-corrected chi connectivity index (χ4v) is 1.55. The first-order valence-corrected chi connectivity index (χ1v) is 4.79. The number of hydrogen-bond acceptors (Lipinski definition) is 1. The lowest BCUT2D eigenvalue weighted by Gasteiger charge is -2.04. The van der Waals surface area contributed by atoms with Crippen molar-refractivity contribution in [3.63, 3.8) is 0 Å². The van der Waals surface area contributed by atoms with Crippen molar-refractivity contribution in [1.29, 1.82) is 5.26 Å². The zero-order valence-electron chi connectivity index (χ0n) is 7.00. The molecule has 0 aromatic heterocycles. The lowest BCUT2D eigenvalue weighted by molar-refractivity contribution is 0.861. The molecule has 1 nitrogen and oxygen atoms in total. The van der Waals surface area contributed by atoms with Crippen LogP contribution in [-0.2, 0) is 6.42 Å². The molecule has 1 atom stereocenters. The second-order valence-corrected chi connectivity index (χ2v) is 3.85. The van der Waals surface area contributed by atoms with Gasteiger partial charge in [-0.05, 0) is 24.1 Å². The molecule has 0 aliphatic heterocycles. The largest absolute Gasteiger partial charge is 0.198 e. The molecule has 0 spiro atoms. The number of benzene rings is 1. The molecule has 68 valence electrons. The lowest BCUT2D eigenvalue weighted by Crippen LogP contribution is -2.01. The summed E-state index contributed by atoms with van der Waals surface area (Å²) in [4.78, 5) is 0. The van der Waals surface area contributed by atoms with E-state index in [1.165, 1.54) is 0 Å². The van der Waals surface area contributed by atoms with Crippen LogP contribution in [0.15, 0.2) is 24.3 Å². The molecule has 1 aromatic rings. The van der Waals surface area contributed by atoms with Crippen LogP contribution >= 0.6 is 23.2 Å². The van der Waals surface area contributed by atoms with Crippen molar-refractivity contribution in [3.05, 3.63) is 34.9 Å². The van der Waals surface area contributed by atoms with Crippen LogP contribution in [0.5, 0.6) is 0 Å². The van der Waals surface area contributed by atoms with E-state index in [4.69, 9.17) is 28.5 Å². The van der Waals surface area contributed by atoms with E-state index < -0.39 is 0 Å². The molecule has 0 aliphatic carbocycles. The van der Waals surface area contributed by atoms with Gasteiger partial charge in [0.15, 0.2) is 0 Å². The highest BCUT2D eigenvalue weighted by atomic mass is 35.5. The zero-order valence-corrected chi connectivity index (χ0v) is 8.52. The zero-order chi connectivity index (χ0) is 9.68. The molecule has 0 fully saturated rings. The van der Waals surface area contributed by atoms with Gasteiger partial charge < -0.3 is 0 Å². The van der Waals surface area contributed by atoms with Gasteiger partial charge in [0.25, 0.3) is 0 Å². The third-order valence-electron chi connectivity index (χ3n) is 1.66. The summed E-state index contributed by atoms with van der Waals surface area (Å²) in [6.07, 6.45) is 1.06. The van der Waals surface area contributed by atoms with E-state index in [0.29, 0.717) is 17.9 Å². The van der Waals surface area contributed by atoms with Gasteiger partial charge in [0, 0.05) is 5.02 Å². The number of hydrogen-bond donors (Lipinski definition) is 0. The normalized spacial score (nSPS) is 12.1. The van der Waals surface area contributed by atoms with E-state index in [-0.39, 0.29) is 5.38 Å². The smallest absolute Gasteiger partial charge is 0.0637 e. The minimum atomic E-state index is -0.122. The van der Waals surface area contributed by atoms with Crippen LogP contribution in [0.1, 0.15) is 12.0 Å². The van der Waals surface area contributed by atoms with Crippen LogP contribution in [0.4, 0.5) is 0 Å². The average Bonchev–Trinajstić information content (AvgIpc) is 2.04. The van der Waals surface area contributed by atoms with E-state index >= 15 is 0 Å². The number of nitriles is 1. The van der Waals surface area contributed by atoms with Crippen molar-refractivity contribution in [3.8, 4) is 6.07 Å². The van der Waals surface area contributed by atoms with Crippen LogP contribution in [0.25, 0.3) is 0 Å². The molecule has 0 heterocycles. The molecule has 0 saturated carbocycles. The van der Waals surface area contributed by atoms with Crippen molar-refractivity contribution in [2.24, 2.45) is 0 Å². The second kappa shape index (κ2) is 5.11. The molecule has 0 amide bonds. The summed E-state index contributed by atoms with van der Waals surface area (Å²) >= 11 is 11.7. The second-order valence-electron chi connectivity index (χ2n) is 2.79. The molecule has 1 unspecified atom stereocenters. The molecule has 0 radical (unpaired) electrons. The Morgan fingerprint density at radius 3 is 2.85 bits per heavy atom. The monoisotopic (exact) mass is 213 g/mol. The number of halogens is 2. The van der Waals surface area contributed by atoms with Crippen molar-refractivity contribution in [2.75, 3.05) is 0 Å². The summed E-state index contributed by atoms with van der Waals surface area (Å²) in [5.41, 5.74) is 1.07. The van der Waals surface area contributed by atoms with E-state index in [9.17, 15) is 0 Å². The number of rotatable bonds is 3. The fraction of sp³-hybridized carbons (Fsp3) is 0.300. The maximum absolute atomic E-state index is 8.41. The van der Waals surface area contributed by atoms with Gasteiger partial charge in [-0.15, -0.1) is 11.6 Å². The van der Waals surface area contributed by atoms with Gasteiger partial charge in [-0.2, -0.15) is 5.26 Å². The Labute approximate surface area is 87.9 Å². The lowest BCUT2D eigenvalue weighted by atomic mass is 10.1. The van der Waals surface area contributed by atoms with Crippen LogP contribution in [0, 0.1) is 11.3 Å². The Hall–Kier alpha value is -0.710. The van der Waals surface area contributed by atoms with Crippen molar-refractivity contribution < 1.29 is 0 Å². The third kappa shape index (κ3) is 3.67. The molecule has 3 heteroatoms. The SMILES string of the molecule is N#CCC(Cl)Cc1cccc(Cl)c1. The summed E-state index contributed by atoms with van der Waals surface area (Å²) in [5.74, 6) is 0. The Bertz CT molecular complexity index is 317. The van der Waals surface area contributed by atoms with Crippen LogP contribution in [0.2, 0.25) is 5.02 Å². The maximum atomic E-state index is 8.41. The minimum absolute atomic E-state index is 0.122. The van der Waals surface area contributed by atoms with Crippen molar-refractivity contribution in [2.45, 2.75) is 18.2 Å². The summed E-state index contributed by atoms with van der Waals surface area (Å²) in [6.45, 7) is 0. The van der Waals surface area contributed by atoms with Crippen LogP contribution in [0.3, 0.4) is 0 Å². The van der Waals surface area contributed by atoms with Gasteiger partial charge in [-0.1, -0.05) is 23.7 Å². The molecular weight excluding hydrogens is 205 g/mol. The molecular formula is C10H9Cl2N. The minimum Gasteiger partial charge on any atom is -0.198 e. The number of nitrogens with zero attached hydrogens (tertiary/aromatic N) is 1. The summed E-state index contributed by atoms with van der Waals surface area (Å²) < 4.78 is 0. The van der Waals surface area contributed by atoms with Gasteiger partial charge >= 0.3 is 0 Å². The summed E-state index contributed by atoms with van der Waals surface area (Å²) in [6, 6.07) is 9.56. The van der Waals surface area contributed by atoms with E-state index in [0.717, 1.165) is 5.56 Å². The topological polar surface area (TPSA) is 23.8 Å². The fourth-order valence-electron chi connectivity index (χ4n) is 1.09. The molecule has 1 aromatic carbocycles. The van der Waals surface area contributed by atoms with Crippen LogP contribution in [-0.4, -0.2) is 5.38 Å².